The highest BCUT2D eigenvalue weighted by molar-refractivity contribution is 5.73. The first kappa shape index (κ1) is 14.4. The van der Waals surface area contributed by atoms with Crippen molar-refractivity contribution in [1.82, 2.24) is 10.2 Å². The summed E-state index contributed by atoms with van der Waals surface area (Å²) < 4.78 is 5.35. The zero-order chi connectivity index (χ0) is 12.7. The molecule has 0 bridgehead atoms. The Hall–Kier alpha value is -0.650. The summed E-state index contributed by atoms with van der Waals surface area (Å²) in [5.41, 5.74) is 0. The molecule has 1 saturated heterocycles. The van der Waals surface area contributed by atoms with Gasteiger partial charge in [-0.3, -0.25) is 4.79 Å². The predicted octanol–water partition coefficient (Wildman–Crippen LogP) is 0.550. The van der Waals surface area contributed by atoms with Crippen LogP contribution in [0.5, 0.6) is 0 Å². The van der Waals surface area contributed by atoms with Crippen LogP contribution in [0, 0.1) is 0 Å². The first-order valence-electron chi connectivity index (χ1n) is 6.38. The van der Waals surface area contributed by atoms with Crippen LogP contribution >= 0.6 is 0 Å². The summed E-state index contributed by atoms with van der Waals surface area (Å²) in [6, 6.07) is -0.428. The summed E-state index contributed by atoms with van der Waals surface area (Å²) in [5, 5.41) is 12.0. The Morgan fingerprint density at radius 2 is 2.41 bits per heavy atom. The molecule has 5 heteroatoms. The number of carboxylic acid groups (broad SMARTS) is 1. The lowest BCUT2D eigenvalue weighted by molar-refractivity contribution is -0.139. The van der Waals surface area contributed by atoms with Crippen LogP contribution < -0.4 is 5.32 Å². The summed E-state index contributed by atoms with van der Waals surface area (Å²) in [6.07, 6.45) is 3.21. The van der Waals surface area contributed by atoms with Gasteiger partial charge in [0.2, 0.25) is 0 Å². The van der Waals surface area contributed by atoms with Gasteiger partial charge in [0.1, 0.15) is 6.04 Å². The minimum atomic E-state index is -0.757. The maximum absolute atomic E-state index is 11.0. The first-order valence-corrected chi connectivity index (χ1v) is 6.38. The highest BCUT2D eigenvalue weighted by Crippen LogP contribution is 2.13. The molecule has 5 nitrogen and oxygen atoms in total. The normalized spacial score (nSPS) is 23.5. The van der Waals surface area contributed by atoms with E-state index in [0.717, 1.165) is 32.5 Å². The number of carbonyl (C=O) groups is 1. The molecule has 1 aliphatic heterocycles. The number of nitrogens with one attached hydrogen (secondary N) is 1. The Bertz CT molecular complexity index is 236. The van der Waals surface area contributed by atoms with E-state index in [1.165, 1.54) is 0 Å². The summed E-state index contributed by atoms with van der Waals surface area (Å²) in [5.74, 6) is -0.757. The summed E-state index contributed by atoms with van der Waals surface area (Å²) in [6.45, 7) is 5.42. The van der Waals surface area contributed by atoms with Crippen LogP contribution in [0.15, 0.2) is 0 Å². The Balaban J connectivity index is 2.30. The van der Waals surface area contributed by atoms with Crippen molar-refractivity contribution in [2.45, 2.75) is 38.3 Å². The molecule has 2 unspecified atom stereocenters. The van der Waals surface area contributed by atoms with Crippen LogP contribution in [0.25, 0.3) is 0 Å². The number of methoxy groups -OCH3 is 1. The third-order valence-corrected chi connectivity index (χ3v) is 3.28. The number of nitrogens with zero attached hydrogens (tertiary/aromatic N) is 1. The fourth-order valence-electron chi connectivity index (χ4n) is 2.28. The summed E-state index contributed by atoms with van der Waals surface area (Å²) in [7, 11) is 1.74. The maximum Gasteiger partial charge on any atom is 0.320 e. The van der Waals surface area contributed by atoms with Crippen LogP contribution in [0.2, 0.25) is 0 Å². The molecule has 0 saturated carbocycles. The molecule has 0 amide bonds. The van der Waals surface area contributed by atoms with E-state index < -0.39 is 12.0 Å². The zero-order valence-electron chi connectivity index (χ0n) is 10.8. The van der Waals surface area contributed by atoms with Crippen molar-refractivity contribution in [1.29, 1.82) is 0 Å². The van der Waals surface area contributed by atoms with E-state index >= 15 is 0 Å². The highest BCUT2D eigenvalue weighted by atomic mass is 16.5. The summed E-state index contributed by atoms with van der Waals surface area (Å²) >= 11 is 0. The number of rotatable bonds is 7. The van der Waals surface area contributed by atoms with Gasteiger partial charge in [-0.25, -0.2) is 0 Å². The molecule has 17 heavy (non-hydrogen) atoms. The quantitative estimate of drug-likeness (QED) is 0.685. The van der Waals surface area contributed by atoms with Crippen molar-refractivity contribution in [3.8, 4) is 0 Å². The SMILES string of the molecule is CCNC(CCN1CCCC(OC)C1)C(=O)O. The van der Waals surface area contributed by atoms with E-state index in [2.05, 4.69) is 10.2 Å². The minimum Gasteiger partial charge on any atom is -0.480 e. The van der Waals surface area contributed by atoms with E-state index in [0.29, 0.717) is 19.1 Å². The number of likely N-dealkylation sites (tertiary alicyclic amines) is 1. The molecule has 0 aromatic heterocycles. The topological polar surface area (TPSA) is 61.8 Å². The molecule has 2 atom stereocenters. The van der Waals surface area contributed by atoms with Crippen molar-refractivity contribution in [2.75, 3.05) is 33.3 Å². The van der Waals surface area contributed by atoms with Gasteiger partial charge in [-0.05, 0) is 32.4 Å². The fourth-order valence-corrected chi connectivity index (χ4v) is 2.28. The first-order chi connectivity index (χ1) is 8.17. The molecule has 0 spiro atoms. The molecule has 2 N–H and O–H groups in total. The van der Waals surface area contributed by atoms with E-state index in [4.69, 9.17) is 9.84 Å². The van der Waals surface area contributed by atoms with Crippen LogP contribution in [0.1, 0.15) is 26.2 Å². The molecule has 1 heterocycles. The second-order valence-corrected chi connectivity index (χ2v) is 4.54. The van der Waals surface area contributed by atoms with E-state index in [1.54, 1.807) is 7.11 Å². The molecule has 100 valence electrons. The Morgan fingerprint density at radius 1 is 1.65 bits per heavy atom. The second kappa shape index (κ2) is 7.63. The van der Waals surface area contributed by atoms with Gasteiger partial charge in [0.25, 0.3) is 0 Å². The van der Waals surface area contributed by atoms with Crippen molar-refractivity contribution >= 4 is 5.97 Å². The van der Waals surface area contributed by atoms with Gasteiger partial charge in [-0.2, -0.15) is 0 Å². The molecule has 0 aromatic rings. The number of ether oxygens (including phenoxy) is 1. The Morgan fingerprint density at radius 3 is 3.00 bits per heavy atom. The number of likely N-dealkylation sites (N-methyl/N-ethyl adjacent to an activating group) is 1. The highest BCUT2D eigenvalue weighted by Gasteiger charge is 2.22. The molecular weight excluding hydrogens is 220 g/mol. The van der Waals surface area contributed by atoms with Gasteiger partial charge in [-0.15, -0.1) is 0 Å². The van der Waals surface area contributed by atoms with Crippen molar-refractivity contribution in [2.24, 2.45) is 0 Å². The monoisotopic (exact) mass is 244 g/mol. The smallest absolute Gasteiger partial charge is 0.320 e. The third kappa shape index (κ3) is 5.02. The molecule has 0 aromatic carbocycles. The third-order valence-electron chi connectivity index (χ3n) is 3.28. The number of hydrogen-bond acceptors (Lipinski definition) is 4. The summed E-state index contributed by atoms with van der Waals surface area (Å²) in [4.78, 5) is 13.3. The van der Waals surface area contributed by atoms with Crippen molar-refractivity contribution in [3.63, 3.8) is 0 Å². The number of hydrogen-bond donors (Lipinski definition) is 2. The largest absolute Gasteiger partial charge is 0.480 e. The fraction of sp³-hybridized carbons (Fsp3) is 0.917. The molecule has 0 radical (unpaired) electrons. The molecular formula is C12H24N2O3. The van der Waals surface area contributed by atoms with Gasteiger partial charge in [-0.1, -0.05) is 6.92 Å². The van der Waals surface area contributed by atoms with Crippen LogP contribution in [0.4, 0.5) is 0 Å². The van der Waals surface area contributed by atoms with Gasteiger partial charge in [0.05, 0.1) is 6.10 Å². The zero-order valence-corrected chi connectivity index (χ0v) is 10.8. The molecule has 1 aliphatic rings. The van der Waals surface area contributed by atoms with Crippen molar-refractivity contribution < 1.29 is 14.6 Å². The maximum atomic E-state index is 11.0. The average Bonchev–Trinajstić information content (AvgIpc) is 2.34. The van der Waals surface area contributed by atoms with Crippen LogP contribution in [-0.2, 0) is 9.53 Å². The van der Waals surface area contributed by atoms with Gasteiger partial charge in [0, 0.05) is 20.2 Å². The Kier molecular flexibility index (Phi) is 6.47. The predicted molar refractivity (Wildman–Crippen MR) is 66.2 cm³/mol. The van der Waals surface area contributed by atoms with Gasteiger partial charge >= 0.3 is 5.97 Å². The van der Waals surface area contributed by atoms with Gasteiger partial charge < -0.3 is 20.1 Å². The van der Waals surface area contributed by atoms with Crippen LogP contribution in [-0.4, -0.2) is 61.4 Å². The molecule has 1 rings (SSSR count). The standard InChI is InChI=1S/C12H24N2O3/c1-3-13-11(12(15)16)6-8-14-7-4-5-10(9-14)17-2/h10-11,13H,3-9H2,1-2H3,(H,15,16). The second-order valence-electron chi connectivity index (χ2n) is 4.54. The lowest BCUT2D eigenvalue weighted by Gasteiger charge is -2.32. The molecule has 1 fully saturated rings. The van der Waals surface area contributed by atoms with Crippen LogP contribution in [0.3, 0.4) is 0 Å². The van der Waals surface area contributed by atoms with Gasteiger partial charge in [0.15, 0.2) is 0 Å². The average molecular weight is 244 g/mol. The van der Waals surface area contributed by atoms with E-state index in [-0.39, 0.29) is 0 Å². The minimum absolute atomic E-state index is 0.311. The number of carboxylic acids is 1. The molecule has 0 aliphatic carbocycles. The number of aliphatic carboxylic acids is 1. The van der Waals surface area contributed by atoms with Crippen molar-refractivity contribution in [3.05, 3.63) is 0 Å². The van der Waals surface area contributed by atoms with E-state index in [1.807, 2.05) is 6.92 Å². The lowest BCUT2D eigenvalue weighted by Crippen LogP contribution is -2.43. The lowest BCUT2D eigenvalue weighted by atomic mass is 10.1. The number of piperidine rings is 1. The van der Waals surface area contributed by atoms with E-state index in [9.17, 15) is 4.79 Å². The Labute approximate surface area is 103 Å².